The Kier molecular flexibility index (Phi) is 4.55. The summed E-state index contributed by atoms with van der Waals surface area (Å²) in [4.78, 5) is 0. The zero-order chi connectivity index (χ0) is 14.0. The van der Waals surface area contributed by atoms with Crippen LogP contribution in [-0.4, -0.2) is 5.11 Å². The highest BCUT2D eigenvalue weighted by molar-refractivity contribution is 9.10. The Bertz CT molecular complexity index is 563. The van der Waals surface area contributed by atoms with Gasteiger partial charge >= 0.3 is 0 Å². The fourth-order valence-electron chi connectivity index (χ4n) is 1.81. The predicted octanol–water partition coefficient (Wildman–Crippen LogP) is 4.66. The van der Waals surface area contributed by atoms with Gasteiger partial charge in [-0.1, -0.05) is 33.6 Å². The first-order chi connectivity index (χ1) is 8.97. The molecule has 0 aromatic heterocycles. The number of hydrogen-bond donors (Lipinski definition) is 1. The van der Waals surface area contributed by atoms with E-state index >= 15 is 0 Å². The molecule has 0 fully saturated rings. The van der Waals surface area contributed by atoms with Crippen molar-refractivity contribution in [3.8, 4) is 0 Å². The monoisotopic (exact) mass is 346 g/mol. The smallest absolute Gasteiger partial charge is 0.127 e. The minimum Gasteiger partial charge on any atom is -0.388 e. The second kappa shape index (κ2) is 5.99. The summed E-state index contributed by atoms with van der Waals surface area (Å²) in [5.41, 5.74) is 0.586. The maximum atomic E-state index is 13.6. The van der Waals surface area contributed by atoms with Crippen LogP contribution in [-0.2, 0) is 6.42 Å². The molecular weight excluding hydrogens is 338 g/mol. The summed E-state index contributed by atoms with van der Waals surface area (Å²) in [5, 5.41) is 10.3. The van der Waals surface area contributed by atoms with E-state index in [9.17, 15) is 13.9 Å². The summed E-state index contributed by atoms with van der Waals surface area (Å²) in [6, 6.07) is 8.40. The molecule has 100 valence electrons. The maximum Gasteiger partial charge on any atom is 0.127 e. The van der Waals surface area contributed by atoms with Crippen molar-refractivity contribution in [1.29, 1.82) is 0 Å². The molecule has 0 amide bonds. The highest BCUT2D eigenvalue weighted by Crippen LogP contribution is 2.27. The average molecular weight is 348 g/mol. The average Bonchev–Trinajstić information content (AvgIpc) is 2.32. The normalized spacial score (nSPS) is 12.5. The van der Waals surface area contributed by atoms with Gasteiger partial charge in [0.05, 0.1) is 6.10 Å². The van der Waals surface area contributed by atoms with Crippen LogP contribution in [0.5, 0.6) is 0 Å². The Morgan fingerprint density at radius 1 is 1.21 bits per heavy atom. The molecule has 0 radical (unpaired) electrons. The number of rotatable bonds is 3. The van der Waals surface area contributed by atoms with Crippen LogP contribution >= 0.6 is 27.5 Å². The second-order valence-electron chi connectivity index (χ2n) is 4.12. The van der Waals surface area contributed by atoms with Gasteiger partial charge in [-0.3, -0.25) is 0 Å². The van der Waals surface area contributed by atoms with E-state index in [0.29, 0.717) is 10.0 Å². The lowest BCUT2D eigenvalue weighted by molar-refractivity contribution is 0.176. The van der Waals surface area contributed by atoms with Crippen molar-refractivity contribution in [2.45, 2.75) is 12.5 Å². The molecule has 1 atom stereocenters. The van der Waals surface area contributed by atoms with Crippen LogP contribution in [0.4, 0.5) is 8.78 Å². The zero-order valence-corrected chi connectivity index (χ0v) is 12.0. The first kappa shape index (κ1) is 14.4. The number of aliphatic hydroxyl groups is 1. The van der Waals surface area contributed by atoms with Gasteiger partial charge in [-0.2, -0.15) is 0 Å². The maximum absolute atomic E-state index is 13.6. The number of halogens is 4. The van der Waals surface area contributed by atoms with Crippen LogP contribution in [0, 0.1) is 11.6 Å². The van der Waals surface area contributed by atoms with E-state index in [4.69, 9.17) is 11.6 Å². The Morgan fingerprint density at radius 3 is 2.58 bits per heavy atom. The summed E-state index contributed by atoms with van der Waals surface area (Å²) >= 11 is 9.03. The van der Waals surface area contributed by atoms with Gasteiger partial charge in [-0.15, -0.1) is 0 Å². The lowest BCUT2D eigenvalue weighted by Crippen LogP contribution is -2.05. The molecule has 19 heavy (non-hydrogen) atoms. The van der Waals surface area contributed by atoms with Crippen molar-refractivity contribution in [3.05, 3.63) is 68.7 Å². The van der Waals surface area contributed by atoms with Gasteiger partial charge < -0.3 is 5.11 Å². The quantitative estimate of drug-likeness (QED) is 0.856. The van der Waals surface area contributed by atoms with E-state index in [-0.39, 0.29) is 17.0 Å². The summed E-state index contributed by atoms with van der Waals surface area (Å²) in [6.45, 7) is 0. The third kappa shape index (κ3) is 3.53. The molecule has 1 N–H and O–H groups in total. The van der Waals surface area contributed by atoms with Crippen molar-refractivity contribution in [2.75, 3.05) is 0 Å². The molecule has 0 saturated carbocycles. The summed E-state index contributed by atoms with van der Waals surface area (Å²) in [6.07, 6.45) is -1.04. The molecule has 0 aliphatic heterocycles. The van der Waals surface area contributed by atoms with Crippen LogP contribution < -0.4 is 0 Å². The number of hydrogen-bond acceptors (Lipinski definition) is 1. The lowest BCUT2D eigenvalue weighted by Gasteiger charge is -2.13. The molecule has 2 rings (SSSR count). The van der Waals surface area contributed by atoms with Crippen molar-refractivity contribution in [2.24, 2.45) is 0 Å². The molecule has 0 spiro atoms. The SMILES string of the molecule is OC(Cc1c(F)cccc1Cl)c1cc(F)cc(Br)c1. The summed E-state index contributed by atoms with van der Waals surface area (Å²) in [5.74, 6) is -0.954. The van der Waals surface area contributed by atoms with Gasteiger partial charge in [-0.25, -0.2) is 8.78 Å². The minimum atomic E-state index is -1.03. The first-order valence-corrected chi connectivity index (χ1v) is 6.71. The Morgan fingerprint density at radius 2 is 1.95 bits per heavy atom. The van der Waals surface area contributed by atoms with Gasteiger partial charge in [0.25, 0.3) is 0 Å². The molecule has 0 aliphatic carbocycles. The summed E-state index contributed by atoms with van der Waals surface area (Å²) in [7, 11) is 0. The third-order valence-corrected chi connectivity index (χ3v) is 3.54. The molecule has 2 aromatic carbocycles. The van der Waals surface area contributed by atoms with Gasteiger partial charge in [0, 0.05) is 21.5 Å². The van der Waals surface area contributed by atoms with Crippen LogP contribution in [0.2, 0.25) is 5.02 Å². The fraction of sp³-hybridized carbons (Fsp3) is 0.143. The molecule has 0 aliphatic rings. The van der Waals surface area contributed by atoms with Crippen molar-refractivity contribution < 1.29 is 13.9 Å². The fourth-order valence-corrected chi connectivity index (χ4v) is 2.53. The highest BCUT2D eigenvalue weighted by atomic mass is 79.9. The van der Waals surface area contributed by atoms with Crippen LogP contribution in [0.25, 0.3) is 0 Å². The number of benzene rings is 2. The third-order valence-electron chi connectivity index (χ3n) is 2.73. The van der Waals surface area contributed by atoms with Crippen LogP contribution in [0.15, 0.2) is 40.9 Å². The van der Waals surface area contributed by atoms with E-state index in [0.717, 1.165) is 0 Å². The number of aliphatic hydroxyl groups excluding tert-OH is 1. The molecule has 0 heterocycles. The summed E-state index contributed by atoms with van der Waals surface area (Å²) < 4.78 is 27.4. The van der Waals surface area contributed by atoms with E-state index in [1.165, 1.54) is 24.3 Å². The predicted molar refractivity (Wildman–Crippen MR) is 74.2 cm³/mol. The second-order valence-corrected chi connectivity index (χ2v) is 5.45. The van der Waals surface area contributed by atoms with E-state index in [1.54, 1.807) is 12.1 Å². The Hall–Kier alpha value is -0.970. The Labute approximate surface area is 123 Å². The molecule has 5 heteroatoms. The zero-order valence-electron chi connectivity index (χ0n) is 9.71. The van der Waals surface area contributed by atoms with E-state index in [1.807, 2.05) is 0 Å². The Balaban J connectivity index is 2.28. The van der Waals surface area contributed by atoms with Crippen molar-refractivity contribution in [1.82, 2.24) is 0 Å². The standard InChI is InChI=1S/C14H10BrClF2O/c15-9-4-8(5-10(17)6-9)14(19)7-11-12(16)2-1-3-13(11)18/h1-6,14,19H,7H2. The van der Waals surface area contributed by atoms with Crippen LogP contribution in [0.3, 0.4) is 0 Å². The minimum absolute atomic E-state index is 0.0125. The molecular formula is C14H10BrClF2O. The van der Waals surface area contributed by atoms with Crippen molar-refractivity contribution >= 4 is 27.5 Å². The molecule has 1 nitrogen and oxygen atoms in total. The van der Waals surface area contributed by atoms with Gasteiger partial charge in [0.2, 0.25) is 0 Å². The van der Waals surface area contributed by atoms with Crippen molar-refractivity contribution in [3.63, 3.8) is 0 Å². The first-order valence-electron chi connectivity index (χ1n) is 5.54. The molecule has 2 aromatic rings. The lowest BCUT2D eigenvalue weighted by atomic mass is 10.0. The largest absolute Gasteiger partial charge is 0.388 e. The van der Waals surface area contributed by atoms with Gasteiger partial charge in [0.15, 0.2) is 0 Å². The van der Waals surface area contributed by atoms with E-state index < -0.39 is 17.7 Å². The van der Waals surface area contributed by atoms with Gasteiger partial charge in [0.1, 0.15) is 11.6 Å². The molecule has 0 bridgehead atoms. The van der Waals surface area contributed by atoms with Crippen LogP contribution in [0.1, 0.15) is 17.2 Å². The molecule has 0 saturated heterocycles. The van der Waals surface area contributed by atoms with E-state index in [2.05, 4.69) is 15.9 Å². The highest BCUT2D eigenvalue weighted by Gasteiger charge is 2.15. The van der Waals surface area contributed by atoms with Gasteiger partial charge in [-0.05, 0) is 35.9 Å². The topological polar surface area (TPSA) is 20.2 Å². The molecule has 1 unspecified atom stereocenters.